The van der Waals surface area contributed by atoms with E-state index in [-0.39, 0.29) is 16.9 Å². The van der Waals surface area contributed by atoms with Crippen LogP contribution in [0.2, 0.25) is 0 Å². The second-order valence-corrected chi connectivity index (χ2v) is 9.75. The smallest absolute Gasteiger partial charge is 0.0846 e. The van der Waals surface area contributed by atoms with Gasteiger partial charge in [0.2, 0.25) is 0 Å². The topological polar surface area (TPSA) is 20.2 Å². The minimum absolute atomic E-state index is 0.0667. The van der Waals surface area contributed by atoms with Crippen LogP contribution in [0.25, 0.3) is 0 Å². The van der Waals surface area contributed by atoms with Crippen molar-refractivity contribution in [2.45, 2.75) is 77.2 Å². The number of aliphatic hydroxyl groups excluding tert-OH is 1. The maximum Gasteiger partial charge on any atom is 0.0846 e. The van der Waals surface area contributed by atoms with E-state index in [1.165, 1.54) is 24.8 Å². The Morgan fingerprint density at radius 2 is 1.70 bits per heavy atom. The Morgan fingerprint density at radius 3 is 2.41 bits per heavy atom. The van der Waals surface area contributed by atoms with Crippen LogP contribution in [-0.4, -0.2) is 5.11 Å². The number of hydrogen-bond donors (Lipinski definition) is 1. The molecule has 2 aromatic carbocycles. The molecule has 0 aliphatic heterocycles. The van der Waals surface area contributed by atoms with Gasteiger partial charge in [-0.15, -0.1) is 0 Å². The van der Waals surface area contributed by atoms with Gasteiger partial charge in [-0.3, -0.25) is 0 Å². The summed E-state index contributed by atoms with van der Waals surface area (Å²) in [6, 6.07) is 17.5. The average molecular weight is 363 g/mol. The normalized spacial score (nSPS) is 31.3. The summed E-state index contributed by atoms with van der Waals surface area (Å²) in [5.41, 5.74) is 5.74. The summed E-state index contributed by atoms with van der Waals surface area (Å²) in [4.78, 5) is 0. The van der Waals surface area contributed by atoms with E-state index in [1.807, 2.05) is 18.2 Å². The summed E-state index contributed by atoms with van der Waals surface area (Å²) >= 11 is 0. The third-order valence-electron chi connectivity index (χ3n) is 7.83. The van der Waals surface area contributed by atoms with Gasteiger partial charge in [0.15, 0.2) is 0 Å². The molecule has 2 aliphatic rings. The molecule has 0 spiro atoms. The molecule has 1 nitrogen and oxygen atoms in total. The molecule has 0 saturated heterocycles. The first-order valence-electron chi connectivity index (χ1n) is 10.7. The molecule has 2 aromatic rings. The lowest BCUT2D eigenvalue weighted by atomic mass is 9.48. The fraction of sp³-hybridized carbons (Fsp3) is 0.538. The van der Waals surface area contributed by atoms with Gasteiger partial charge >= 0.3 is 0 Å². The summed E-state index contributed by atoms with van der Waals surface area (Å²) in [5.74, 6) is 1.10. The fourth-order valence-electron chi connectivity index (χ4n) is 6.26. The summed E-state index contributed by atoms with van der Waals surface area (Å²) < 4.78 is 0. The molecule has 0 unspecified atom stereocenters. The first kappa shape index (κ1) is 18.7. The van der Waals surface area contributed by atoms with Gasteiger partial charge < -0.3 is 5.11 Å². The maximum atomic E-state index is 11.4. The Labute approximate surface area is 164 Å². The molecule has 4 atom stereocenters. The summed E-state index contributed by atoms with van der Waals surface area (Å²) in [5, 5.41) is 11.4. The van der Waals surface area contributed by atoms with Crippen molar-refractivity contribution >= 4 is 0 Å². The molecule has 0 amide bonds. The van der Waals surface area contributed by atoms with Gasteiger partial charge in [0, 0.05) is 5.41 Å². The Balaban J connectivity index is 1.74. The van der Waals surface area contributed by atoms with E-state index in [0.29, 0.717) is 11.8 Å². The fourth-order valence-corrected chi connectivity index (χ4v) is 6.26. The van der Waals surface area contributed by atoms with E-state index < -0.39 is 0 Å². The van der Waals surface area contributed by atoms with Gasteiger partial charge in [0.1, 0.15) is 0 Å². The van der Waals surface area contributed by atoms with Gasteiger partial charge in [-0.2, -0.15) is 0 Å². The van der Waals surface area contributed by atoms with E-state index in [9.17, 15) is 5.11 Å². The molecule has 144 valence electrons. The summed E-state index contributed by atoms with van der Waals surface area (Å²) in [6.45, 7) is 9.38. The van der Waals surface area contributed by atoms with Crippen LogP contribution in [0, 0.1) is 11.3 Å². The molecule has 27 heavy (non-hydrogen) atoms. The second-order valence-electron chi connectivity index (χ2n) is 9.75. The van der Waals surface area contributed by atoms with Crippen molar-refractivity contribution in [3.8, 4) is 0 Å². The predicted octanol–water partition coefficient (Wildman–Crippen LogP) is 6.55. The van der Waals surface area contributed by atoms with Crippen molar-refractivity contribution in [1.29, 1.82) is 0 Å². The van der Waals surface area contributed by atoms with Gasteiger partial charge in [-0.25, -0.2) is 0 Å². The average Bonchev–Trinajstić information content (AvgIpc) is 2.67. The second kappa shape index (κ2) is 6.78. The SMILES string of the molecule is CC(C)c1ccc2c(c1)CC[C@@H]1[C@](C)([C@H](O)c3ccccc3)CCC[C@]21C. The first-order valence-corrected chi connectivity index (χ1v) is 10.7. The highest BCUT2D eigenvalue weighted by Crippen LogP contribution is 2.61. The number of rotatable bonds is 3. The molecule has 0 heterocycles. The van der Waals surface area contributed by atoms with Crippen molar-refractivity contribution in [3.05, 3.63) is 70.8 Å². The summed E-state index contributed by atoms with van der Waals surface area (Å²) in [7, 11) is 0. The molecule has 0 bridgehead atoms. The van der Waals surface area contributed by atoms with Crippen LogP contribution in [0.3, 0.4) is 0 Å². The lowest BCUT2D eigenvalue weighted by Gasteiger charge is -2.57. The van der Waals surface area contributed by atoms with Crippen molar-refractivity contribution in [3.63, 3.8) is 0 Å². The van der Waals surface area contributed by atoms with E-state index >= 15 is 0 Å². The molecule has 1 heteroatoms. The Kier molecular flexibility index (Phi) is 4.71. The molecular weight excluding hydrogens is 328 g/mol. The number of aliphatic hydroxyl groups is 1. The number of hydrogen-bond acceptors (Lipinski definition) is 1. The lowest BCUT2D eigenvalue weighted by molar-refractivity contribution is -0.0748. The quantitative estimate of drug-likeness (QED) is 0.656. The van der Waals surface area contributed by atoms with Crippen LogP contribution >= 0.6 is 0 Å². The van der Waals surface area contributed by atoms with Gasteiger partial charge in [-0.05, 0) is 65.2 Å². The highest BCUT2D eigenvalue weighted by atomic mass is 16.3. The highest BCUT2D eigenvalue weighted by Gasteiger charge is 2.54. The molecule has 0 radical (unpaired) electrons. The highest BCUT2D eigenvalue weighted by molar-refractivity contribution is 5.42. The zero-order valence-electron chi connectivity index (χ0n) is 17.3. The van der Waals surface area contributed by atoms with Crippen LogP contribution in [0.15, 0.2) is 48.5 Å². The Morgan fingerprint density at radius 1 is 0.963 bits per heavy atom. The van der Waals surface area contributed by atoms with Crippen molar-refractivity contribution in [1.82, 2.24) is 0 Å². The molecule has 1 N–H and O–H groups in total. The van der Waals surface area contributed by atoms with Crippen LogP contribution in [0.1, 0.15) is 87.7 Å². The van der Waals surface area contributed by atoms with Gasteiger partial charge in [-0.1, -0.05) is 82.6 Å². The number of benzene rings is 2. The molecule has 4 rings (SSSR count). The predicted molar refractivity (Wildman–Crippen MR) is 113 cm³/mol. The zero-order valence-corrected chi connectivity index (χ0v) is 17.3. The summed E-state index contributed by atoms with van der Waals surface area (Å²) in [6.07, 6.45) is 5.49. The zero-order chi connectivity index (χ0) is 19.2. The molecule has 0 aromatic heterocycles. The third kappa shape index (κ3) is 2.95. The first-order chi connectivity index (χ1) is 12.9. The van der Waals surface area contributed by atoms with E-state index in [0.717, 1.165) is 18.4 Å². The number of fused-ring (bicyclic) bond motifs is 3. The Hall–Kier alpha value is -1.60. The Bertz CT molecular complexity index is 808. The minimum atomic E-state index is -0.389. The van der Waals surface area contributed by atoms with Crippen molar-refractivity contribution < 1.29 is 5.11 Å². The molecule has 1 saturated carbocycles. The van der Waals surface area contributed by atoms with Crippen molar-refractivity contribution in [2.75, 3.05) is 0 Å². The monoisotopic (exact) mass is 362 g/mol. The molecular formula is C26H34O. The van der Waals surface area contributed by atoms with Crippen molar-refractivity contribution in [2.24, 2.45) is 11.3 Å². The number of aryl methyl sites for hydroxylation is 1. The largest absolute Gasteiger partial charge is 0.388 e. The van der Waals surface area contributed by atoms with Crippen LogP contribution in [-0.2, 0) is 11.8 Å². The molecule has 1 fully saturated rings. The van der Waals surface area contributed by atoms with E-state index in [2.05, 4.69) is 58.0 Å². The lowest BCUT2D eigenvalue weighted by Crippen LogP contribution is -2.51. The molecule has 2 aliphatic carbocycles. The van der Waals surface area contributed by atoms with Gasteiger partial charge in [0.05, 0.1) is 6.10 Å². The van der Waals surface area contributed by atoms with Crippen LogP contribution < -0.4 is 0 Å². The van der Waals surface area contributed by atoms with Crippen LogP contribution in [0.4, 0.5) is 0 Å². The van der Waals surface area contributed by atoms with Gasteiger partial charge in [0.25, 0.3) is 0 Å². The third-order valence-corrected chi connectivity index (χ3v) is 7.83. The minimum Gasteiger partial charge on any atom is -0.388 e. The van der Waals surface area contributed by atoms with Crippen LogP contribution in [0.5, 0.6) is 0 Å². The standard InChI is InChI=1S/C26H34O/c1-18(2)20-11-13-22-21(17-20)12-14-23-25(22,3)15-8-16-26(23,4)24(27)19-9-6-5-7-10-19/h5-7,9-11,13,17-18,23-24,27H,8,12,14-16H2,1-4H3/t23-,24+,25+,26+/m0/s1. The maximum absolute atomic E-state index is 11.4. The van der Waals surface area contributed by atoms with E-state index in [1.54, 1.807) is 11.1 Å². The van der Waals surface area contributed by atoms with E-state index in [4.69, 9.17) is 0 Å².